The van der Waals surface area contributed by atoms with Gasteiger partial charge < -0.3 is 10.1 Å². The van der Waals surface area contributed by atoms with Gasteiger partial charge in [-0.25, -0.2) is 4.98 Å². The minimum Gasteiger partial charge on any atom is -0.385 e. The van der Waals surface area contributed by atoms with Crippen LogP contribution in [-0.2, 0) is 6.54 Å². The van der Waals surface area contributed by atoms with Crippen LogP contribution >= 0.6 is 48.8 Å². The molecule has 1 aliphatic heterocycles. The lowest BCUT2D eigenvalue weighted by molar-refractivity contribution is 0.0697. The van der Waals surface area contributed by atoms with E-state index in [0.717, 1.165) is 65.0 Å². The van der Waals surface area contributed by atoms with Crippen LogP contribution < -0.4 is 4.48 Å². The molecule has 204 valence electrons. The Balaban J connectivity index is 0.00000169. The zero-order valence-electron chi connectivity index (χ0n) is 21.3. The predicted octanol–water partition coefficient (Wildman–Crippen LogP) is 6.86. The summed E-state index contributed by atoms with van der Waals surface area (Å²) in [6.07, 6.45) is -0.631. The van der Waals surface area contributed by atoms with Crippen molar-refractivity contribution in [2.45, 2.75) is 19.6 Å². The lowest BCUT2D eigenvalue weighted by Gasteiger charge is -2.45. The SMILES string of the molecule is Cc1[nH]c(-c2ccccc2)nc1C(O)CN1CC[N+](Cc2ccccc2)(c2ccc(Cl)cc2)CC1.Cl.Cl.Cl. The maximum atomic E-state index is 11.1. The van der Waals surface area contributed by atoms with E-state index in [2.05, 4.69) is 52.3 Å². The fourth-order valence-corrected chi connectivity index (χ4v) is 5.26. The number of β-amino-alcohol motifs (C(OH)–C–C–N with tert-alkyl or cyclic N) is 1. The van der Waals surface area contributed by atoms with Gasteiger partial charge in [0.1, 0.15) is 24.2 Å². The van der Waals surface area contributed by atoms with Gasteiger partial charge in [-0.05, 0) is 19.1 Å². The summed E-state index contributed by atoms with van der Waals surface area (Å²) in [5, 5.41) is 11.8. The van der Waals surface area contributed by atoms with Crippen LogP contribution in [0.1, 0.15) is 23.1 Å². The molecule has 0 spiro atoms. The third kappa shape index (κ3) is 7.30. The molecule has 1 saturated heterocycles. The van der Waals surface area contributed by atoms with Crippen LogP contribution in [0, 0.1) is 6.92 Å². The number of aliphatic hydroxyl groups excluding tert-OH is 1. The van der Waals surface area contributed by atoms with E-state index >= 15 is 0 Å². The van der Waals surface area contributed by atoms with Crippen molar-refractivity contribution < 1.29 is 5.11 Å². The van der Waals surface area contributed by atoms with E-state index in [9.17, 15) is 5.11 Å². The average molecular weight is 597 g/mol. The molecule has 0 saturated carbocycles. The molecule has 0 bridgehead atoms. The molecule has 4 aromatic rings. The number of hydrogen-bond donors (Lipinski definition) is 2. The summed E-state index contributed by atoms with van der Waals surface area (Å²) in [5.41, 5.74) is 5.30. The number of H-pyrrole nitrogens is 1. The van der Waals surface area contributed by atoms with Crippen molar-refractivity contribution in [3.05, 3.63) is 107 Å². The van der Waals surface area contributed by atoms with Crippen molar-refractivity contribution in [2.24, 2.45) is 0 Å². The number of imidazole rings is 1. The van der Waals surface area contributed by atoms with Crippen LogP contribution in [0.25, 0.3) is 11.4 Å². The molecule has 5 nitrogen and oxygen atoms in total. The highest BCUT2D eigenvalue weighted by atomic mass is 35.5. The average Bonchev–Trinajstić information content (AvgIpc) is 3.29. The van der Waals surface area contributed by atoms with Crippen molar-refractivity contribution in [2.75, 3.05) is 32.7 Å². The molecule has 1 aromatic heterocycles. The number of aliphatic hydroxyl groups is 1. The maximum absolute atomic E-state index is 11.1. The van der Waals surface area contributed by atoms with Crippen molar-refractivity contribution in [3.63, 3.8) is 0 Å². The van der Waals surface area contributed by atoms with Crippen LogP contribution in [-0.4, -0.2) is 52.7 Å². The number of hydrogen-bond acceptors (Lipinski definition) is 3. The molecule has 3 aromatic carbocycles. The molecule has 2 N–H and O–H groups in total. The number of benzene rings is 3. The molecule has 0 radical (unpaired) electrons. The highest BCUT2D eigenvalue weighted by Gasteiger charge is 2.36. The van der Waals surface area contributed by atoms with Gasteiger partial charge >= 0.3 is 0 Å². The van der Waals surface area contributed by atoms with E-state index in [1.165, 1.54) is 11.3 Å². The summed E-state index contributed by atoms with van der Waals surface area (Å²) >= 11 is 6.20. The van der Waals surface area contributed by atoms with Crippen LogP contribution in [0.2, 0.25) is 5.02 Å². The van der Waals surface area contributed by atoms with Crippen molar-refractivity contribution >= 4 is 54.5 Å². The molecule has 1 fully saturated rings. The van der Waals surface area contributed by atoms with Crippen LogP contribution in [0.5, 0.6) is 0 Å². The Kier molecular flexibility index (Phi) is 12.1. The zero-order valence-corrected chi connectivity index (χ0v) is 24.5. The topological polar surface area (TPSA) is 52.1 Å². The van der Waals surface area contributed by atoms with E-state index in [1.807, 2.05) is 49.4 Å². The Labute approximate surface area is 248 Å². The molecule has 5 rings (SSSR count). The predicted molar refractivity (Wildman–Crippen MR) is 165 cm³/mol. The third-order valence-corrected chi connectivity index (χ3v) is 7.36. The highest BCUT2D eigenvalue weighted by Crippen LogP contribution is 2.31. The number of piperazine rings is 1. The molecular weight excluding hydrogens is 562 g/mol. The lowest BCUT2D eigenvalue weighted by atomic mass is 10.1. The number of aromatic nitrogens is 2. The molecule has 38 heavy (non-hydrogen) atoms. The van der Waals surface area contributed by atoms with Crippen LogP contribution in [0.15, 0.2) is 84.9 Å². The molecule has 0 amide bonds. The number of aryl methyl sites for hydroxylation is 1. The van der Waals surface area contributed by atoms with Gasteiger partial charge in [-0.15, -0.1) is 37.2 Å². The van der Waals surface area contributed by atoms with Crippen LogP contribution in [0.4, 0.5) is 5.69 Å². The smallest absolute Gasteiger partial charge is 0.137 e. The van der Waals surface area contributed by atoms with Crippen molar-refractivity contribution in [1.82, 2.24) is 19.4 Å². The fourth-order valence-electron chi connectivity index (χ4n) is 5.13. The van der Waals surface area contributed by atoms with Gasteiger partial charge in [0.05, 0.1) is 18.8 Å². The number of halogens is 4. The zero-order chi connectivity index (χ0) is 24.3. The van der Waals surface area contributed by atoms with Gasteiger partial charge in [0.2, 0.25) is 0 Å². The van der Waals surface area contributed by atoms with E-state index in [1.54, 1.807) is 0 Å². The molecule has 0 aliphatic carbocycles. The Morgan fingerprint density at radius 3 is 2.08 bits per heavy atom. The molecule has 9 heteroatoms. The Hall–Kier alpha value is -2.09. The quantitative estimate of drug-likeness (QED) is 0.229. The minimum absolute atomic E-state index is 0. The number of nitrogens with zero attached hydrogens (tertiary/aromatic N) is 3. The second kappa shape index (κ2) is 14.3. The van der Waals surface area contributed by atoms with Crippen molar-refractivity contribution in [1.29, 1.82) is 0 Å². The van der Waals surface area contributed by atoms with E-state index < -0.39 is 6.10 Å². The summed E-state index contributed by atoms with van der Waals surface area (Å²) < 4.78 is 0.882. The monoisotopic (exact) mass is 595 g/mol. The second-order valence-corrected chi connectivity index (χ2v) is 9.93. The second-order valence-electron chi connectivity index (χ2n) is 9.49. The fraction of sp³-hybridized carbons (Fsp3) is 0.276. The number of aromatic amines is 1. The van der Waals surface area contributed by atoms with Crippen LogP contribution in [0.3, 0.4) is 0 Å². The Morgan fingerprint density at radius 2 is 1.47 bits per heavy atom. The maximum Gasteiger partial charge on any atom is 0.137 e. The molecular formula is C29H35Cl4N4O+. The van der Waals surface area contributed by atoms with Gasteiger partial charge in [-0.3, -0.25) is 9.38 Å². The number of nitrogens with one attached hydrogen (secondary N) is 1. The Morgan fingerprint density at radius 1 is 0.895 bits per heavy atom. The van der Waals surface area contributed by atoms with Gasteiger partial charge in [0.25, 0.3) is 0 Å². The minimum atomic E-state index is -0.631. The van der Waals surface area contributed by atoms with Gasteiger partial charge in [0, 0.05) is 53.6 Å². The first-order valence-electron chi connectivity index (χ1n) is 12.2. The first-order chi connectivity index (χ1) is 17.0. The first kappa shape index (κ1) is 32.1. The van der Waals surface area contributed by atoms with Gasteiger partial charge in [-0.2, -0.15) is 0 Å². The first-order valence-corrected chi connectivity index (χ1v) is 12.6. The summed E-state index contributed by atoms with van der Waals surface area (Å²) in [6.45, 7) is 7.25. The standard InChI is InChI=1S/C29H32ClN4O.3ClH/c1-22-28(32-29(31-22)24-10-6-3-7-11-24)27(35)20-33-16-18-34(19-17-33,21-23-8-4-2-5-9-23)26-14-12-25(30)13-15-26;;;/h2-15,27,35H,16-21H2,1H3,(H,31,32);3*1H/q+1;;;. The van der Waals surface area contributed by atoms with Crippen molar-refractivity contribution in [3.8, 4) is 11.4 Å². The summed E-state index contributed by atoms with van der Waals surface area (Å²) in [6, 6.07) is 29.0. The van der Waals surface area contributed by atoms with E-state index in [0.29, 0.717) is 6.54 Å². The van der Waals surface area contributed by atoms with E-state index in [-0.39, 0.29) is 37.2 Å². The third-order valence-electron chi connectivity index (χ3n) is 7.11. The van der Waals surface area contributed by atoms with Gasteiger partial charge in [0.15, 0.2) is 0 Å². The molecule has 2 heterocycles. The highest BCUT2D eigenvalue weighted by molar-refractivity contribution is 6.30. The normalized spacial score (nSPS) is 15.4. The number of rotatable bonds is 7. The number of quaternary nitrogens is 1. The summed E-state index contributed by atoms with van der Waals surface area (Å²) in [5.74, 6) is 0.803. The Bertz CT molecular complexity index is 1240. The lowest BCUT2D eigenvalue weighted by Crippen LogP contribution is -2.60. The summed E-state index contributed by atoms with van der Waals surface area (Å²) in [7, 11) is 0. The summed E-state index contributed by atoms with van der Waals surface area (Å²) in [4.78, 5) is 10.4. The molecule has 1 aliphatic rings. The molecule has 1 atom stereocenters. The van der Waals surface area contributed by atoms with Gasteiger partial charge in [-0.1, -0.05) is 72.3 Å². The molecule has 1 unspecified atom stereocenters. The largest absolute Gasteiger partial charge is 0.385 e. The van der Waals surface area contributed by atoms with E-state index in [4.69, 9.17) is 16.6 Å².